The molecule has 0 radical (unpaired) electrons. The molecule has 2 aromatic carbocycles. The van der Waals surface area contributed by atoms with Gasteiger partial charge in [-0.15, -0.1) is 0 Å². The molecule has 132 valence electrons. The fourth-order valence-corrected chi connectivity index (χ4v) is 2.43. The number of esters is 1. The van der Waals surface area contributed by atoms with Gasteiger partial charge < -0.3 is 19.9 Å². The Kier molecular flexibility index (Phi) is 6.27. The molecule has 0 spiro atoms. The van der Waals surface area contributed by atoms with E-state index in [-0.39, 0.29) is 19.1 Å². The van der Waals surface area contributed by atoms with Gasteiger partial charge in [0.05, 0.1) is 25.8 Å². The third-order valence-electron chi connectivity index (χ3n) is 3.80. The molecule has 0 heterocycles. The van der Waals surface area contributed by atoms with Gasteiger partial charge in [-0.2, -0.15) is 0 Å². The van der Waals surface area contributed by atoms with Crippen LogP contribution in [0.1, 0.15) is 26.3 Å². The van der Waals surface area contributed by atoms with E-state index in [1.807, 2.05) is 18.2 Å². The van der Waals surface area contributed by atoms with Gasteiger partial charge in [-0.1, -0.05) is 30.3 Å². The summed E-state index contributed by atoms with van der Waals surface area (Å²) in [7, 11) is 2.78. The molecule has 2 rings (SSSR count). The number of hydrogen-bond acceptors (Lipinski definition) is 5. The Hall–Kier alpha value is -2.70. The third kappa shape index (κ3) is 4.65. The molecule has 6 heteroatoms. The summed E-state index contributed by atoms with van der Waals surface area (Å²) in [6, 6.07) is 15.1. The van der Waals surface area contributed by atoms with Gasteiger partial charge in [-0.3, -0.25) is 4.79 Å². The molecule has 0 bridgehead atoms. The van der Waals surface area contributed by atoms with Gasteiger partial charge in [0.15, 0.2) is 0 Å². The summed E-state index contributed by atoms with van der Waals surface area (Å²) in [6.07, 6.45) is 0. The first-order valence-electron chi connectivity index (χ1n) is 7.73. The molecule has 2 aromatic rings. The molecule has 0 aromatic heterocycles. The van der Waals surface area contributed by atoms with E-state index in [1.54, 1.807) is 12.1 Å². The normalized spacial score (nSPS) is 12.9. The Balaban J connectivity index is 2.07. The summed E-state index contributed by atoms with van der Waals surface area (Å²) in [5.41, 5.74) is 0.0513. The topological polar surface area (TPSA) is 84.9 Å². The number of rotatable bonds is 7. The van der Waals surface area contributed by atoms with Gasteiger partial charge in [0.1, 0.15) is 5.60 Å². The first-order chi connectivity index (χ1) is 12.0. The standard InChI is InChI=1S/C19H21NO5/c1-24-13-19(23,16-6-4-3-5-7-16)12-20-17(21)14-8-10-15(11-9-14)18(22)25-2/h3-11,23H,12-13H2,1-2H3,(H,20,21)/t19-/m0/s1. The van der Waals surface area contributed by atoms with Crippen LogP contribution in [0.3, 0.4) is 0 Å². The zero-order valence-electron chi connectivity index (χ0n) is 14.2. The number of hydrogen-bond donors (Lipinski definition) is 2. The van der Waals surface area contributed by atoms with Gasteiger partial charge in [-0.25, -0.2) is 4.79 Å². The second kappa shape index (κ2) is 8.41. The zero-order valence-corrected chi connectivity index (χ0v) is 14.2. The smallest absolute Gasteiger partial charge is 0.337 e. The van der Waals surface area contributed by atoms with E-state index in [9.17, 15) is 14.7 Å². The lowest BCUT2D eigenvalue weighted by Gasteiger charge is -2.28. The molecule has 0 saturated carbocycles. The number of amides is 1. The molecule has 0 unspecified atom stereocenters. The molecule has 25 heavy (non-hydrogen) atoms. The van der Waals surface area contributed by atoms with Crippen LogP contribution in [0.4, 0.5) is 0 Å². The van der Waals surface area contributed by atoms with Crippen molar-refractivity contribution in [2.24, 2.45) is 0 Å². The Morgan fingerprint density at radius 1 is 1.00 bits per heavy atom. The number of nitrogens with one attached hydrogen (secondary N) is 1. The zero-order chi connectivity index (χ0) is 18.3. The maximum absolute atomic E-state index is 12.3. The summed E-state index contributed by atoms with van der Waals surface area (Å²) in [6.45, 7) is 0.0288. The van der Waals surface area contributed by atoms with E-state index >= 15 is 0 Å². The van der Waals surface area contributed by atoms with Crippen LogP contribution < -0.4 is 5.32 Å². The molecular formula is C19H21NO5. The van der Waals surface area contributed by atoms with E-state index in [1.165, 1.54) is 38.5 Å². The van der Waals surface area contributed by atoms with Crippen molar-refractivity contribution in [1.82, 2.24) is 5.32 Å². The summed E-state index contributed by atoms with van der Waals surface area (Å²) in [5, 5.41) is 13.5. The third-order valence-corrected chi connectivity index (χ3v) is 3.80. The van der Waals surface area contributed by atoms with Crippen molar-refractivity contribution in [3.05, 3.63) is 71.3 Å². The monoisotopic (exact) mass is 343 g/mol. The van der Waals surface area contributed by atoms with Crippen molar-refractivity contribution in [2.45, 2.75) is 5.60 Å². The van der Waals surface area contributed by atoms with Crippen LogP contribution in [-0.2, 0) is 15.1 Å². The largest absolute Gasteiger partial charge is 0.465 e. The molecule has 1 amide bonds. The van der Waals surface area contributed by atoms with Crippen LogP contribution >= 0.6 is 0 Å². The highest BCUT2D eigenvalue weighted by atomic mass is 16.5. The Labute approximate surface area is 146 Å². The van der Waals surface area contributed by atoms with Crippen molar-refractivity contribution < 1.29 is 24.2 Å². The van der Waals surface area contributed by atoms with Gasteiger partial charge >= 0.3 is 5.97 Å². The van der Waals surface area contributed by atoms with E-state index in [0.717, 1.165) is 0 Å². The Morgan fingerprint density at radius 2 is 1.60 bits per heavy atom. The summed E-state index contributed by atoms with van der Waals surface area (Å²) in [4.78, 5) is 23.7. The average molecular weight is 343 g/mol. The van der Waals surface area contributed by atoms with Crippen molar-refractivity contribution in [3.63, 3.8) is 0 Å². The minimum Gasteiger partial charge on any atom is -0.465 e. The van der Waals surface area contributed by atoms with Crippen molar-refractivity contribution in [1.29, 1.82) is 0 Å². The maximum Gasteiger partial charge on any atom is 0.337 e. The van der Waals surface area contributed by atoms with Gasteiger partial charge in [0.2, 0.25) is 0 Å². The van der Waals surface area contributed by atoms with Crippen LogP contribution in [0.15, 0.2) is 54.6 Å². The fraction of sp³-hybridized carbons (Fsp3) is 0.263. The molecule has 0 fully saturated rings. The SMILES string of the molecule is COC[C@@](O)(CNC(=O)c1ccc(C(=O)OC)cc1)c1ccccc1. The number of methoxy groups -OCH3 is 2. The minimum atomic E-state index is -1.34. The molecule has 0 aliphatic carbocycles. The van der Waals surface area contributed by atoms with Gasteiger partial charge in [-0.05, 0) is 29.8 Å². The van der Waals surface area contributed by atoms with Crippen LogP contribution in [0, 0.1) is 0 Å². The highest BCUT2D eigenvalue weighted by Crippen LogP contribution is 2.20. The molecule has 0 aliphatic rings. The summed E-state index contributed by atoms with van der Waals surface area (Å²) >= 11 is 0. The van der Waals surface area contributed by atoms with Crippen LogP contribution in [0.5, 0.6) is 0 Å². The number of ether oxygens (including phenoxy) is 2. The molecule has 6 nitrogen and oxygen atoms in total. The lowest BCUT2D eigenvalue weighted by molar-refractivity contribution is -0.0334. The van der Waals surface area contributed by atoms with E-state index < -0.39 is 11.6 Å². The Morgan fingerprint density at radius 3 is 2.16 bits per heavy atom. The predicted molar refractivity (Wildman–Crippen MR) is 92.3 cm³/mol. The first-order valence-corrected chi connectivity index (χ1v) is 7.73. The number of benzene rings is 2. The van der Waals surface area contributed by atoms with Crippen molar-refractivity contribution in [2.75, 3.05) is 27.4 Å². The molecule has 1 atom stereocenters. The van der Waals surface area contributed by atoms with E-state index in [0.29, 0.717) is 16.7 Å². The molecule has 2 N–H and O–H groups in total. The Bertz CT molecular complexity index is 714. The van der Waals surface area contributed by atoms with E-state index in [2.05, 4.69) is 10.1 Å². The highest BCUT2D eigenvalue weighted by Gasteiger charge is 2.30. The number of aliphatic hydroxyl groups is 1. The molecule has 0 saturated heterocycles. The number of carbonyl (C=O) groups is 2. The fourth-order valence-electron chi connectivity index (χ4n) is 2.43. The minimum absolute atomic E-state index is 0.0115. The molecule has 0 aliphatic heterocycles. The first kappa shape index (κ1) is 18.6. The van der Waals surface area contributed by atoms with Crippen molar-refractivity contribution in [3.8, 4) is 0 Å². The second-order valence-electron chi connectivity index (χ2n) is 5.58. The lowest BCUT2D eigenvalue weighted by atomic mass is 9.94. The highest BCUT2D eigenvalue weighted by molar-refractivity contribution is 5.96. The number of carbonyl (C=O) groups excluding carboxylic acids is 2. The van der Waals surface area contributed by atoms with Gasteiger partial charge in [0.25, 0.3) is 5.91 Å². The maximum atomic E-state index is 12.3. The van der Waals surface area contributed by atoms with Crippen LogP contribution in [-0.4, -0.2) is 44.4 Å². The van der Waals surface area contributed by atoms with Crippen LogP contribution in [0.25, 0.3) is 0 Å². The predicted octanol–water partition coefficient (Wildman–Crippen LogP) is 1.74. The average Bonchev–Trinajstić information content (AvgIpc) is 2.66. The van der Waals surface area contributed by atoms with E-state index in [4.69, 9.17) is 4.74 Å². The van der Waals surface area contributed by atoms with Crippen LogP contribution in [0.2, 0.25) is 0 Å². The van der Waals surface area contributed by atoms with Gasteiger partial charge in [0, 0.05) is 12.7 Å². The second-order valence-corrected chi connectivity index (χ2v) is 5.58. The molecular weight excluding hydrogens is 322 g/mol. The lowest BCUT2D eigenvalue weighted by Crippen LogP contribution is -2.44. The summed E-state index contributed by atoms with van der Waals surface area (Å²) in [5.74, 6) is -0.826. The summed E-state index contributed by atoms with van der Waals surface area (Å²) < 4.78 is 9.72. The quantitative estimate of drug-likeness (QED) is 0.748. The van der Waals surface area contributed by atoms with Crippen molar-refractivity contribution >= 4 is 11.9 Å².